The van der Waals surface area contributed by atoms with E-state index in [2.05, 4.69) is 4.98 Å². The quantitative estimate of drug-likeness (QED) is 0.705. The molecule has 0 saturated heterocycles. The van der Waals surface area contributed by atoms with E-state index in [1.165, 1.54) is 17.2 Å². The molecule has 3 aromatic rings. The number of aromatic nitrogens is 1. The zero-order valence-corrected chi connectivity index (χ0v) is 14.3. The van der Waals surface area contributed by atoms with Crippen molar-refractivity contribution in [3.63, 3.8) is 0 Å². The van der Waals surface area contributed by atoms with Gasteiger partial charge in [0.1, 0.15) is 0 Å². The zero-order chi connectivity index (χ0) is 18.8. The SMILES string of the molecule is O=C(C1=C(O)C(=O)N(Cc2ccccc2)[C@@H]1c1ccncc1)c1ccco1. The molecule has 0 bridgehead atoms. The summed E-state index contributed by atoms with van der Waals surface area (Å²) in [6, 6.07) is 15.2. The van der Waals surface area contributed by atoms with Gasteiger partial charge >= 0.3 is 0 Å². The molecule has 27 heavy (non-hydrogen) atoms. The number of rotatable bonds is 5. The van der Waals surface area contributed by atoms with Crippen LogP contribution in [-0.4, -0.2) is 26.7 Å². The Labute approximate surface area is 155 Å². The maximum Gasteiger partial charge on any atom is 0.290 e. The van der Waals surface area contributed by atoms with Gasteiger partial charge in [-0.2, -0.15) is 0 Å². The number of pyridine rings is 1. The van der Waals surface area contributed by atoms with E-state index in [9.17, 15) is 14.7 Å². The van der Waals surface area contributed by atoms with Crippen molar-refractivity contribution in [3.05, 3.63) is 101 Å². The predicted molar refractivity (Wildman–Crippen MR) is 96.7 cm³/mol. The predicted octanol–water partition coefficient (Wildman–Crippen LogP) is 3.45. The van der Waals surface area contributed by atoms with Gasteiger partial charge in [0.15, 0.2) is 11.5 Å². The van der Waals surface area contributed by atoms with Gasteiger partial charge in [0, 0.05) is 18.9 Å². The van der Waals surface area contributed by atoms with Crippen LogP contribution in [0.1, 0.15) is 27.7 Å². The van der Waals surface area contributed by atoms with Gasteiger partial charge < -0.3 is 14.4 Å². The van der Waals surface area contributed by atoms with Gasteiger partial charge in [-0.3, -0.25) is 14.6 Å². The highest BCUT2D eigenvalue weighted by Crippen LogP contribution is 2.39. The lowest BCUT2D eigenvalue weighted by Crippen LogP contribution is -2.30. The van der Waals surface area contributed by atoms with Gasteiger partial charge in [0.25, 0.3) is 5.91 Å². The highest BCUT2D eigenvalue weighted by Gasteiger charge is 2.44. The van der Waals surface area contributed by atoms with Crippen molar-refractivity contribution in [1.82, 2.24) is 9.88 Å². The average Bonchev–Trinajstić information content (AvgIpc) is 3.32. The second-order valence-corrected chi connectivity index (χ2v) is 6.17. The number of carbonyl (C=O) groups excluding carboxylic acids is 2. The lowest BCUT2D eigenvalue weighted by atomic mass is 9.95. The fraction of sp³-hybridized carbons (Fsp3) is 0.0952. The van der Waals surface area contributed by atoms with Crippen molar-refractivity contribution >= 4 is 11.7 Å². The molecule has 6 nitrogen and oxygen atoms in total. The molecule has 1 aromatic carbocycles. The second-order valence-electron chi connectivity index (χ2n) is 6.17. The first-order valence-electron chi connectivity index (χ1n) is 8.43. The summed E-state index contributed by atoms with van der Waals surface area (Å²) < 4.78 is 5.19. The Bertz CT molecular complexity index is 995. The van der Waals surface area contributed by atoms with Crippen LogP contribution >= 0.6 is 0 Å². The smallest absolute Gasteiger partial charge is 0.290 e. The molecule has 2 aromatic heterocycles. The van der Waals surface area contributed by atoms with Crippen molar-refractivity contribution in [2.45, 2.75) is 12.6 Å². The van der Waals surface area contributed by atoms with Crippen LogP contribution < -0.4 is 0 Å². The minimum Gasteiger partial charge on any atom is -0.503 e. The molecule has 0 aliphatic carbocycles. The van der Waals surface area contributed by atoms with Gasteiger partial charge in [0.05, 0.1) is 17.9 Å². The van der Waals surface area contributed by atoms with E-state index >= 15 is 0 Å². The van der Waals surface area contributed by atoms with Crippen molar-refractivity contribution in [2.24, 2.45) is 0 Å². The van der Waals surface area contributed by atoms with Crippen LogP contribution in [0.25, 0.3) is 0 Å². The van der Waals surface area contributed by atoms with Crippen molar-refractivity contribution in [3.8, 4) is 0 Å². The third kappa shape index (κ3) is 3.01. The van der Waals surface area contributed by atoms with Crippen molar-refractivity contribution in [2.75, 3.05) is 0 Å². The average molecular weight is 360 g/mol. The molecular formula is C21H16N2O4. The number of furan rings is 1. The maximum absolute atomic E-state index is 12.9. The number of Topliss-reactive ketones (excluding diaryl/α,β-unsaturated/α-hetero) is 1. The van der Waals surface area contributed by atoms with E-state index in [4.69, 9.17) is 4.42 Å². The third-order valence-corrected chi connectivity index (χ3v) is 4.51. The molecule has 0 spiro atoms. The Kier molecular flexibility index (Phi) is 4.30. The molecular weight excluding hydrogens is 344 g/mol. The number of carbonyl (C=O) groups is 2. The lowest BCUT2D eigenvalue weighted by Gasteiger charge is -2.26. The molecule has 1 atom stereocenters. The highest BCUT2D eigenvalue weighted by molar-refractivity contribution is 6.14. The number of aliphatic hydroxyl groups excluding tert-OH is 1. The molecule has 0 radical (unpaired) electrons. The standard InChI is InChI=1S/C21H16N2O4/c24-19(16-7-4-12-27-16)17-18(15-8-10-22-11-9-15)23(21(26)20(17)25)13-14-5-2-1-3-6-14/h1-12,18,25H,13H2/t18-/m1/s1. The van der Waals surface area contributed by atoms with Crippen LogP contribution in [0.2, 0.25) is 0 Å². The summed E-state index contributed by atoms with van der Waals surface area (Å²) in [7, 11) is 0. The first kappa shape index (κ1) is 16.8. The number of benzene rings is 1. The van der Waals surface area contributed by atoms with E-state index in [-0.39, 0.29) is 17.9 Å². The van der Waals surface area contributed by atoms with Crippen molar-refractivity contribution < 1.29 is 19.1 Å². The molecule has 4 rings (SSSR count). The number of ketones is 1. The Balaban J connectivity index is 1.79. The molecule has 1 amide bonds. The second kappa shape index (κ2) is 6.92. The summed E-state index contributed by atoms with van der Waals surface area (Å²) in [6.45, 7) is 0.256. The summed E-state index contributed by atoms with van der Waals surface area (Å²) >= 11 is 0. The molecule has 0 fully saturated rings. The first-order chi connectivity index (χ1) is 13.2. The number of hydrogen-bond donors (Lipinski definition) is 1. The minimum absolute atomic E-state index is 0.0112. The summed E-state index contributed by atoms with van der Waals surface area (Å²) in [5, 5.41) is 10.5. The Morgan fingerprint density at radius 1 is 1.07 bits per heavy atom. The summed E-state index contributed by atoms with van der Waals surface area (Å²) in [4.78, 5) is 31.2. The Morgan fingerprint density at radius 2 is 1.81 bits per heavy atom. The van der Waals surface area contributed by atoms with Crippen LogP contribution in [0.3, 0.4) is 0 Å². The van der Waals surface area contributed by atoms with E-state index in [1.807, 2.05) is 30.3 Å². The van der Waals surface area contributed by atoms with Crippen LogP contribution in [0.4, 0.5) is 0 Å². The Morgan fingerprint density at radius 3 is 2.48 bits per heavy atom. The number of nitrogens with zero attached hydrogens (tertiary/aromatic N) is 2. The fourth-order valence-corrected chi connectivity index (χ4v) is 3.26. The molecule has 1 aliphatic heterocycles. The molecule has 134 valence electrons. The summed E-state index contributed by atoms with van der Waals surface area (Å²) in [5.74, 6) is -1.57. The summed E-state index contributed by atoms with van der Waals surface area (Å²) in [5.41, 5.74) is 1.59. The van der Waals surface area contributed by atoms with Gasteiger partial charge in [0.2, 0.25) is 5.78 Å². The van der Waals surface area contributed by atoms with Gasteiger partial charge in [-0.25, -0.2) is 0 Å². The number of aliphatic hydroxyl groups is 1. The highest BCUT2D eigenvalue weighted by atomic mass is 16.3. The molecule has 6 heteroatoms. The van der Waals surface area contributed by atoms with Crippen LogP contribution in [0.5, 0.6) is 0 Å². The topological polar surface area (TPSA) is 83.6 Å². The number of amides is 1. The van der Waals surface area contributed by atoms with E-state index < -0.39 is 23.5 Å². The van der Waals surface area contributed by atoms with Crippen LogP contribution in [0.15, 0.2) is 89.0 Å². The van der Waals surface area contributed by atoms with Gasteiger partial charge in [-0.1, -0.05) is 30.3 Å². The molecule has 0 unspecified atom stereocenters. The largest absolute Gasteiger partial charge is 0.503 e. The van der Waals surface area contributed by atoms with Crippen LogP contribution in [0, 0.1) is 0 Å². The van der Waals surface area contributed by atoms with E-state index in [0.29, 0.717) is 5.56 Å². The number of hydrogen-bond acceptors (Lipinski definition) is 5. The molecule has 3 heterocycles. The Hall–Kier alpha value is -3.67. The molecule has 1 aliphatic rings. The minimum atomic E-state index is -0.724. The van der Waals surface area contributed by atoms with E-state index in [1.54, 1.807) is 30.6 Å². The normalized spacial score (nSPS) is 16.8. The third-order valence-electron chi connectivity index (χ3n) is 4.51. The maximum atomic E-state index is 12.9. The van der Waals surface area contributed by atoms with Crippen molar-refractivity contribution in [1.29, 1.82) is 0 Å². The van der Waals surface area contributed by atoms with Gasteiger partial charge in [-0.05, 0) is 35.4 Å². The van der Waals surface area contributed by atoms with E-state index in [0.717, 1.165) is 5.56 Å². The summed E-state index contributed by atoms with van der Waals surface area (Å²) in [6.07, 6.45) is 4.56. The lowest BCUT2D eigenvalue weighted by molar-refractivity contribution is -0.130. The zero-order valence-electron chi connectivity index (χ0n) is 14.3. The monoisotopic (exact) mass is 360 g/mol. The molecule has 0 saturated carbocycles. The molecule has 1 N–H and O–H groups in total. The first-order valence-corrected chi connectivity index (χ1v) is 8.43. The van der Waals surface area contributed by atoms with Gasteiger partial charge in [-0.15, -0.1) is 0 Å². The van der Waals surface area contributed by atoms with Crippen LogP contribution in [-0.2, 0) is 11.3 Å². The fourth-order valence-electron chi connectivity index (χ4n) is 3.26.